The van der Waals surface area contributed by atoms with Crippen LogP contribution >= 0.6 is 11.6 Å². The van der Waals surface area contributed by atoms with Crippen molar-refractivity contribution in [2.45, 2.75) is 50.7 Å². The van der Waals surface area contributed by atoms with Crippen LogP contribution in [0, 0.1) is 17.2 Å². The molecule has 0 bridgehead atoms. The lowest BCUT2D eigenvalue weighted by atomic mass is 9.93. The lowest BCUT2D eigenvalue weighted by molar-refractivity contribution is 0.0888. The van der Waals surface area contributed by atoms with Gasteiger partial charge >= 0.3 is 0 Å². The van der Waals surface area contributed by atoms with Crippen LogP contribution in [0.25, 0.3) is 0 Å². The summed E-state index contributed by atoms with van der Waals surface area (Å²) in [5.41, 5.74) is 0.788. The Morgan fingerprint density at radius 2 is 1.82 bits per heavy atom. The van der Waals surface area contributed by atoms with Crippen LogP contribution in [0.4, 0.5) is 5.82 Å². The quantitative estimate of drug-likeness (QED) is 0.554. The molecule has 3 heterocycles. The number of hydrogen-bond donors (Lipinski definition) is 2. The number of anilines is 1. The fourth-order valence-electron chi connectivity index (χ4n) is 5.64. The third kappa shape index (κ3) is 6.93. The van der Waals surface area contributed by atoms with Gasteiger partial charge in [0.25, 0.3) is 5.91 Å². The maximum atomic E-state index is 12.8. The average Bonchev–Trinajstić information content (AvgIpc) is 2.95. The molecule has 2 saturated heterocycles. The van der Waals surface area contributed by atoms with E-state index in [9.17, 15) is 4.79 Å². The number of rotatable bonds is 7. The van der Waals surface area contributed by atoms with Crippen LogP contribution in [0.5, 0.6) is 5.75 Å². The van der Waals surface area contributed by atoms with Crippen LogP contribution in [0.15, 0.2) is 30.3 Å². The summed E-state index contributed by atoms with van der Waals surface area (Å²) in [6.07, 6.45) is 5.93. The zero-order chi connectivity index (χ0) is 26.3. The summed E-state index contributed by atoms with van der Waals surface area (Å²) in [6.45, 7) is 7.43. The van der Waals surface area contributed by atoms with Crippen molar-refractivity contribution in [3.63, 3.8) is 0 Å². The molecule has 9 nitrogen and oxygen atoms in total. The number of piperidine rings is 1. The Balaban J connectivity index is 1.04. The number of amides is 1. The van der Waals surface area contributed by atoms with Gasteiger partial charge in [0.2, 0.25) is 0 Å². The number of nitrogens with zero attached hydrogens (tertiary/aromatic N) is 5. The molecule has 38 heavy (non-hydrogen) atoms. The van der Waals surface area contributed by atoms with E-state index in [-0.39, 0.29) is 18.1 Å². The summed E-state index contributed by atoms with van der Waals surface area (Å²) in [7, 11) is 0. The number of piperazine rings is 1. The van der Waals surface area contributed by atoms with Crippen LogP contribution in [0.2, 0.25) is 5.02 Å². The van der Waals surface area contributed by atoms with Crippen molar-refractivity contribution < 1.29 is 9.53 Å². The second kappa shape index (κ2) is 12.7. The number of ether oxygens (including phenoxy) is 1. The molecular formula is C28H36ClN7O2. The second-order valence-corrected chi connectivity index (χ2v) is 11.0. The Morgan fingerprint density at radius 3 is 2.47 bits per heavy atom. The lowest BCUT2D eigenvalue weighted by Crippen LogP contribution is -2.49. The Morgan fingerprint density at radius 1 is 1.05 bits per heavy atom. The highest BCUT2D eigenvalue weighted by molar-refractivity contribution is 6.31. The molecule has 1 saturated carbocycles. The number of halogens is 1. The van der Waals surface area contributed by atoms with Gasteiger partial charge in [0.05, 0.1) is 16.7 Å². The molecular weight excluding hydrogens is 502 g/mol. The highest BCUT2D eigenvalue weighted by Gasteiger charge is 2.26. The molecule has 1 aromatic heterocycles. The molecule has 10 heteroatoms. The Hall–Kier alpha value is -2.93. The van der Waals surface area contributed by atoms with Gasteiger partial charge in [-0.05, 0) is 81.8 Å². The Bertz CT molecular complexity index is 1120. The predicted octanol–water partition coefficient (Wildman–Crippen LogP) is 3.24. The molecule has 5 rings (SSSR count). The minimum atomic E-state index is -0.181. The summed E-state index contributed by atoms with van der Waals surface area (Å²) in [6, 6.07) is 11.0. The van der Waals surface area contributed by atoms with E-state index in [1.54, 1.807) is 24.3 Å². The first-order chi connectivity index (χ1) is 18.6. The first-order valence-electron chi connectivity index (χ1n) is 13.8. The summed E-state index contributed by atoms with van der Waals surface area (Å²) in [5.74, 6) is 2.13. The van der Waals surface area contributed by atoms with E-state index in [4.69, 9.17) is 21.6 Å². The molecule has 0 radical (unpaired) electrons. The van der Waals surface area contributed by atoms with E-state index in [0.717, 1.165) is 76.7 Å². The van der Waals surface area contributed by atoms with Gasteiger partial charge in [-0.2, -0.15) is 5.26 Å². The number of aromatic nitrogens is 2. The number of carbonyl (C=O) groups is 1. The molecule has 1 aliphatic carbocycles. The van der Waals surface area contributed by atoms with E-state index >= 15 is 0 Å². The minimum absolute atomic E-state index is 0.0615. The number of hydrogen-bond acceptors (Lipinski definition) is 8. The SMILES string of the molecule is N#Cc1ccc(O[C@H]2CC[C@H](NC(=O)c3ccc(N4CCN(CC5CCNCC5)CC4)nn3)CC2)cc1Cl. The van der Waals surface area contributed by atoms with Gasteiger partial charge in [0, 0.05) is 44.8 Å². The van der Waals surface area contributed by atoms with Crippen molar-refractivity contribution in [3.8, 4) is 11.8 Å². The largest absolute Gasteiger partial charge is 0.490 e. The third-order valence-corrected chi connectivity index (χ3v) is 8.24. The van der Waals surface area contributed by atoms with Gasteiger partial charge in [-0.25, -0.2) is 0 Å². The molecule has 0 unspecified atom stereocenters. The van der Waals surface area contributed by atoms with Crippen LogP contribution in [-0.2, 0) is 0 Å². The van der Waals surface area contributed by atoms with Crippen molar-refractivity contribution in [2.75, 3.05) is 50.7 Å². The Labute approximate surface area is 229 Å². The molecule has 3 fully saturated rings. The topological polar surface area (TPSA) is 106 Å². The number of benzene rings is 1. The van der Waals surface area contributed by atoms with Crippen LogP contribution in [-0.4, -0.2) is 79.0 Å². The number of carbonyl (C=O) groups excluding carboxylic acids is 1. The summed E-state index contributed by atoms with van der Waals surface area (Å²) < 4.78 is 6.05. The zero-order valence-corrected chi connectivity index (χ0v) is 22.5. The van der Waals surface area contributed by atoms with Gasteiger partial charge in [-0.3, -0.25) is 9.69 Å². The highest BCUT2D eigenvalue weighted by Crippen LogP contribution is 2.27. The van der Waals surface area contributed by atoms with Crippen molar-refractivity contribution in [1.29, 1.82) is 5.26 Å². The van der Waals surface area contributed by atoms with E-state index in [1.165, 1.54) is 19.4 Å². The second-order valence-electron chi connectivity index (χ2n) is 10.6. The fraction of sp³-hybridized carbons (Fsp3) is 0.571. The van der Waals surface area contributed by atoms with Gasteiger partial charge in [0.1, 0.15) is 11.8 Å². The molecule has 0 spiro atoms. The zero-order valence-electron chi connectivity index (χ0n) is 21.7. The minimum Gasteiger partial charge on any atom is -0.490 e. The van der Waals surface area contributed by atoms with Crippen molar-refractivity contribution >= 4 is 23.3 Å². The maximum absolute atomic E-state index is 12.8. The van der Waals surface area contributed by atoms with E-state index in [0.29, 0.717) is 22.0 Å². The number of nitrogens with one attached hydrogen (secondary N) is 2. The van der Waals surface area contributed by atoms with Crippen molar-refractivity contribution in [1.82, 2.24) is 25.7 Å². The van der Waals surface area contributed by atoms with Crippen LogP contribution in [0.3, 0.4) is 0 Å². The molecule has 2 N–H and O–H groups in total. The molecule has 1 aromatic carbocycles. The summed E-state index contributed by atoms with van der Waals surface area (Å²) >= 11 is 6.11. The first-order valence-corrected chi connectivity index (χ1v) is 14.1. The number of nitriles is 1. The van der Waals surface area contributed by atoms with Gasteiger partial charge in [-0.1, -0.05) is 11.6 Å². The molecule has 3 aliphatic rings. The van der Waals surface area contributed by atoms with E-state index in [1.807, 2.05) is 6.07 Å². The van der Waals surface area contributed by atoms with Gasteiger partial charge in [-0.15, -0.1) is 10.2 Å². The fourth-order valence-corrected chi connectivity index (χ4v) is 5.85. The van der Waals surface area contributed by atoms with Crippen molar-refractivity contribution in [2.24, 2.45) is 5.92 Å². The van der Waals surface area contributed by atoms with Gasteiger partial charge in [0.15, 0.2) is 11.5 Å². The summed E-state index contributed by atoms with van der Waals surface area (Å²) in [5, 5.41) is 24.6. The molecule has 2 aliphatic heterocycles. The Kier molecular flexibility index (Phi) is 8.94. The van der Waals surface area contributed by atoms with E-state index in [2.05, 4.69) is 36.7 Å². The molecule has 1 amide bonds. The predicted molar refractivity (Wildman–Crippen MR) is 147 cm³/mol. The maximum Gasteiger partial charge on any atom is 0.272 e. The standard InChI is InChI=1S/C28H36ClN7O2/c29-25-17-24(4-1-21(25)18-30)38-23-5-2-22(3-6-23)32-28(37)26-7-8-27(34-33-26)36-15-13-35(14-16-36)19-20-9-11-31-12-10-20/h1,4,7-8,17,20,22-23,31H,2-3,5-6,9-16,19H2,(H,32,37)/t22-,23-. The third-order valence-electron chi connectivity index (χ3n) is 7.93. The van der Waals surface area contributed by atoms with E-state index < -0.39 is 0 Å². The van der Waals surface area contributed by atoms with Gasteiger partial charge < -0.3 is 20.3 Å². The summed E-state index contributed by atoms with van der Waals surface area (Å²) in [4.78, 5) is 17.6. The first kappa shape index (κ1) is 26.7. The highest BCUT2D eigenvalue weighted by atomic mass is 35.5. The lowest BCUT2D eigenvalue weighted by Gasteiger charge is -2.37. The van der Waals surface area contributed by atoms with Crippen molar-refractivity contribution in [3.05, 3.63) is 46.6 Å². The smallest absolute Gasteiger partial charge is 0.272 e. The normalized spacial score (nSPS) is 23.0. The molecule has 2 aromatic rings. The average molecular weight is 538 g/mol. The molecule has 0 atom stereocenters. The van der Waals surface area contributed by atoms with Crippen LogP contribution < -0.4 is 20.3 Å². The monoisotopic (exact) mass is 537 g/mol. The van der Waals surface area contributed by atoms with Crippen LogP contribution in [0.1, 0.15) is 54.6 Å². The molecule has 202 valence electrons.